The Hall–Kier alpha value is -3.04. The number of rotatable bonds is 8. The first kappa shape index (κ1) is 22.2. The van der Waals surface area contributed by atoms with Crippen LogP contribution in [-0.2, 0) is 14.8 Å². The van der Waals surface area contributed by atoms with Gasteiger partial charge in [-0.05, 0) is 29.1 Å². The van der Waals surface area contributed by atoms with Crippen molar-refractivity contribution in [3.8, 4) is 5.75 Å². The number of thioether (sulfide) groups is 1. The van der Waals surface area contributed by atoms with Crippen molar-refractivity contribution in [3.63, 3.8) is 0 Å². The smallest absolute Gasteiger partial charge is 0.260 e. The van der Waals surface area contributed by atoms with Crippen molar-refractivity contribution in [1.29, 1.82) is 0 Å². The summed E-state index contributed by atoms with van der Waals surface area (Å²) in [6.45, 7) is -0.382. The topological polar surface area (TPSA) is 88.1 Å². The van der Waals surface area contributed by atoms with Crippen molar-refractivity contribution in [2.45, 2.75) is 6.10 Å². The predicted molar refractivity (Wildman–Crippen MR) is 130 cm³/mol. The predicted octanol–water partition coefficient (Wildman–Crippen LogP) is 3.25. The molecule has 1 N–H and O–H groups in total. The Kier molecular flexibility index (Phi) is 6.66. The largest absolute Gasteiger partial charge is 0.489 e. The van der Waals surface area contributed by atoms with E-state index in [1.807, 2.05) is 66.4 Å². The van der Waals surface area contributed by atoms with Gasteiger partial charge in [0, 0.05) is 16.9 Å². The average Bonchev–Trinajstić information content (AvgIpc) is 2.74. The van der Waals surface area contributed by atoms with Crippen molar-refractivity contribution in [2.75, 3.05) is 28.6 Å². The van der Waals surface area contributed by atoms with Gasteiger partial charge in [0.25, 0.3) is 5.91 Å². The molecule has 0 aromatic heterocycles. The summed E-state index contributed by atoms with van der Waals surface area (Å²) in [4.78, 5) is 12.5. The number of amides is 1. The van der Waals surface area contributed by atoms with Gasteiger partial charge >= 0.3 is 0 Å². The van der Waals surface area contributed by atoms with E-state index in [1.54, 1.807) is 12.1 Å². The molecule has 0 atom stereocenters. The van der Waals surface area contributed by atoms with Gasteiger partial charge in [0.1, 0.15) is 18.4 Å². The molecule has 1 amide bonds. The zero-order chi connectivity index (χ0) is 22.6. The van der Waals surface area contributed by atoms with Gasteiger partial charge in [0.15, 0.2) is 0 Å². The first-order valence-electron chi connectivity index (χ1n) is 10.0. The minimum atomic E-state index is -3.69. The van der Waals surface area contributed by atoms with Gasteiger partial charge in [-0.3, -0.25) is 9.10 Å². The van der Waals surface area contributed by atoms with E-state index >= 15 is 0 Å². The first-order chi connectivity index (χ1) is 15.4. The van der Waals surface area contributed by atoms with Crippen LogP contribution in [0.15, 0.2) is 71.8 Å². The second-order valence-corrected chi connectivity index (χ2v) is 10.4. The number of hydrogen-bond acceptors (Lipinski definition) is 6. The number of carbonyl (C=O) groups is 1. The van der Waals surface area contributed by atoms with Crippen LogP contribution < -0.4 is 14.5 Å². The number of carbonyl (C=O) groups excluding carboxylic acids is 1. The van der Waals surface area contributed by atoms with E-state index in [1.165, 1.54) is 6.21 Å². The number of fused-ring (bicyclic) bond motifs is 1. The minimum Gasteiger partial charge on any atom is -0.489 e. The molecule has 1 saturated heterocycles. The monoisotopic (exact) mass is 469 g/mol. The molecule has 32 heavy (non-hydrogen) atoms. The molecule has 166 valence electrons. The Balaban J connectivity index is 1.45. The third-order valence-corrected chi connectivity index (χ3v) is 7.24. The lowest BCUT2D eigenvalue weighted by atomic mass is 10.1. The van der Waals surface area contributed by atoms with Crippen LogP contribution >= 0.6 is 11.8 Å². The summed E-state index contributed by atoms with van der Waals surface area (Å²) in [5, 5.41) is 5.62. The molecule has 1 heterocycles. The maximum absolute atomic E-state index is 12.5. The fourth-order valence-electron chi connectivity index (χ4n) is 3.29. The molecule has 0 aliphatic carbocycles. The van der Waals surface area contributed by atoms with Gasteiger partial charge in [0.05, 0.1) is 18.2 Å². The number of sulfonamides is 1. The van der Waals surface area contributed by atoms with E-state index in [0.717, 1.165) is 44.2 Å². The zero-order valence-corrected chi connectivity index (χ0v) is 19.1. The number of hydrazone groups is 1. The number of nitrogens with one attached hydrogen (secondary N) is 1. The number of nitrogens with zero attached hydrogens (tertiary/aromatic N) is 2. The maximum atomic E-state index is 12.5. The second-order valence-electron chi connectivity index (χ2n) is 7.41. The Morgan fingerprint density at radius 1 is 1.16 bits per heavy atom. The second kappa shape index (κ2) is 9.62. The molecule has 0 unspecified atom stereocenters. The molecular formula is C23H23N3O4S2. The van der Waals surface area contributed by atoms with E-state index in [9.17, 15) is 13.2 Å². The molecule has 0 spiro atoms. The summed E-state index contributed by atoms with van der Waals surface area (Å²) < 4.78 is 31.8. The van der Waals surface area contributed by atoms with Crippen LogP contribution in [0.5, 0.6) is 5.75 Å². The van der Waals surface area contributed by atoms with Crippen LogP contribution in [0, 0.1) is 0 Å². The minimum absolute atomic E-state index is 0.239. The standard InChI is InChI=1S/C23H23N3O4S2/c1-32(28,29)26(22-11-5-8-18-7-2-3-10-21(18)22)14-23(27)25-24-13-17-6-4-9-19(12-17)30-20-15-31-16-20/h2-13,20H,14-16H2,1H3,(H,25,27)/b24-13-. The Morgan fingerprint density at radius 2 is 1.91 bits per heavy atom. The van der Waals surface area contributed by atoms with Crippen molar-refractivity contribution in [2.24, 2.45) is 5.10 Å². The summed E-state index contributed by atoms with van der Waals surface area (Å²) >= 11 is 1.85. The molecule has 0 saturated carbocycles. The summed E-state index contributed by atoms with van der Waals surface area (Å²) in [5.74, 6) is 2.19. The molecule has 1 aliphatic rings. The van der Waals surface area contributed by atoms with Crippen LogP contribution in [0.3, 0.4) is 0 Å². The highest BCUT2D eigenvalue weighted by molar-refractivity contribution is 8.00. The Morgan fingerprint density at radius 3 is 2.66 bits per heavy atom. The van der Waals surface area contributed by atoms with E-state index in [4.69, 9.17) is 4.74 Å². The molecule has 0 bridgehead atoms. The van der Waals surface area contributed by atoms with Crippen LogP contribution in [-0.4, -0.2) is 50.9 Å². The molecule has 4 rings (SSSR count). The van der Waals surface area contributed by atoms with Crippen LogP contribution in [0.4, 0.5) is 5.69 Å². The molecule has 1 fully saturated rings. The SMILES string of the molecule is CS(=O)(=O)N(CC(=O)N/N=C\c1cccc(OC2CSC2)c1)c1cccc2ccccc12. The van der Waals surface area contributed by atoms with Crippen molar-refractivity contribution in [1.82, 2.24) is 5.43 Å². The highest BCUT2D eigenvalue weighted by Crippen LogP contribution is 2.28. The lowest BCUT2D eigenvalue weighted by molar-refractivity contribution is -0.119. The van der Waals surface area contributed by atoms with Crippen molar-refractivity contribution < 1.29 is 17.9 Å². The average molecular weight is 470 g/mol. The van der Waals surface area contributed by atoms with Gasteiger partial charge in [-0.2, -0.15) is 16.9 Å². The fraction of sp³-hybridized carbons (Fsp3) is 0.217. The van der Waals surface area contributed by atoms with Crippen LogP contribution in [0.2, 0.25) is 0 Å². The number of hydrogen-bond donors (Lipinski definition) is 1. The highest BCUT2D eigenvalue weighted by atomic mass is 32.2. The quantitative estimate of drug-likeness (QED) is 0.404. The van der Waals surface area contributed by atoms with Gasteiger partial charge < -0.3 is 4.74 Å². The Labute approximate surface area is 191 Å². The first-order valence-corrected chi connectivity index (χ1v) is 13.0. The van der Waals surface area contributed by atoms with Crippen molar-refractivity contribution in [3.05, 3.63) is 72.3 Å². The van der Waals surface area contributed by atoms with Crippen molar-refractivity contribution >= 4 is 50.4 Å². The zero-order valence-electron chi connectivity index (χ0n) is 17.5. The lowest BCUT2D eigenvalue weighted by Gasteiger charge is -2.25. The number of benzene rings is 3. The lowest BCUT2D eigenvalue weighted by Crippen LogP contribution is -2.39. The van der Waals surface area contributed by atoms with E-state index in [2.05, 4.69) is 10.5 Å². The molecular weight excluding hydrogens is 446 g/mol. The molecule has 9 heteroatoms. The summed E-state index contributed by atoms with van der Waals surface area (Å²) in [5.41, 5.74) is 3.63. The van der Waals surface area contributed by atoms with Gasteiger partial charge in [-0.1, -0.05) is 48.5 Å². The Bertz CT molecular complexity index is 1250. The van der Waals surface area contributed by atoms with Gasteiger partial charge in [-0.25, -0.2) is 13.8 Å². The van der Waals surface area contributed by atoms with E-state index < -0.39 is 15.9 Å². The number of ether oxygens (including phenoxy) is 1. The fourth-order valence-corrected chi connectivity index (χ4v) is 4.73. The van der Waals surface area contributed by atoms with E-state index in [0.29, 0.717) is 5.69 Å². The van der Waals surface area contributed by atoms with Crippen LogP contribution in [0.1, 0.15) is 5.56 Å². The summed E-state index contributed by atoms with van der Waals surface area (Å²) in [6, 6.07) is 20.2. The molecule has 3 aromatic carbocycles. The molecule has 3 aromatic rings. The third-order valence-electron chi connectivity index (χ3n) is 4.89. The van der Waals surface area contributed by atoms with Crippen LogP contribution in [0.25, 0.3) is 10.8 Å². The van der Waals surface area contributed by atoms with Gasteiger partial charge in [0.2, 0.25) is 10.0 Å². The summed E-state index contributed by atoms with van der Waals surface area (Å²) in [6.07, 6.45) is 2.82. The third kappa shape index (κ3) is 5.41. The summed E-state index contributed by atoms with van der Waals surface area (Å²) in [7, 11) is -3.69. The van der Waals surface area contributed by atoms with Gasteiger partial charge in [-0.15, -0.1) is 0 Å². The molecule has 1 aliphatic heterocycles. The number of anilines is 1. The molecule has 0 radical (unpaired) electrons. The maximum Gasteiger partial charge on any atom is 0.260 e. The van der Waals surface area contributed by atoms with E-state index in [-0.39, 0.29) is 12.6 Å². The molecule has 7 nitrogen and oxygen atoms in total. The normalized spacial score (nSPS) is 14.3. The highest BCUT2D eigenvalue weighted by Gasteiger charge is 2.22.